The molecule has 6 nitrogen and oxygen atoms in total. The number of amides is 2. The average Bonchev–Trinajstić information content (AvgIpc) is 3.60. The highest BCUT2D eigenvalue weighted by Crippen LogP contribution is 2.49. The molecule has 2 amide bonds. The number of halogens is 5. The molecule has 2 bridgehead atoms. The molecule has 3 N–H and O–H groups in total. The van der Waals surface area contributed by atoms with Crippen molar-refractivity contribution in [3.8, 4) is 5.75 Å². The number of hydrogen-bond donors (Lipinski definition) is 2. The van der Waals surface area contributed by atoms with Gasteiger partial charge < -0.3 is 20.7 Å². The minimum Gasteiger partial charge on any atom is -0.406 e. The van der Waals surface area contributed by atoms with Crippen LogP contribution in [-0.2, 0) is 21.4 Å². The molecule has 2 saturated heterocycles. The van der Waals surface area contributed by atoms with Gasteiger partial charge in [-0.05, 0) is 73.9 Å². The molecule has 3 atom stereocenters. The van der Waals surface area contributed by atoms with Crippen LogP contribution in [0.4, 0.5) is 13.2 Å². The summed E-state index contributed by atoms with van der Waals surface area (Å²) in [6.07, 6.45) is -0.385. The second-order valence-corrected chi connectivity index (χ2v) is 11.3. The number of nitrogens with one attached hydrogen (secondary N) is 1. The molecule has 2 aliphatic heterocycles. The molecule has 0 aromatic heterocycles. The average molecular weight is 570 g/mol. The molecule has 5 rings (SSSR count). The lowest BCUT2D eigenvalue weighted by Crippen LogP contribution is -2.58. The third kappa shape index (κ3) is 5.60. The first-order valence-corrected chi connectivity index (χ1v) is 13.4. The van der Waals surface area contributed by atoms with Gasteiger partial charge in [-0.2, -0.15) is 0 Å². The zero-order valence-electron chi connectivity index (χ0n) is 20.4. The Kier molecular flexibility index (Phi) is 7.30. The van der Waals surface area contributed by atoms with Crippen LogP contribution in [0.25, 0.3) is 0 Å². The van der Waals surface area contributed by atoms with Crippen LogP contribution in [0, 0.1) is 0 Å². The molecule has 2 heterocycles. The first-order valence-electron chi connectivity index (χ1n) is 12.6. The van der Waals surface area contributed by atoms with Crippen molar-refractivity contribution in [1.29, 1.82) is 0 Å². The third-order valence-corrected chi connectivity index (χ3v) is 8.48. The van der Waals surface area contributed by atoms with Gasteiger partial charge in [-0.15, -0.1) is 13.2 Å². The smallest absolute Gasteiger partial charge is 0.406 e. The van der Waals surface area contributed by atoms with Crippen molar-refractivity contribution in [1.82, 2.24) is 10.2 Å². The molecule has 11 heteroatoms. The van der Waals surface area contributed by atoms with Crippen LogP contribution in [-0.4, -0.2) is 47.2 Å². The van der Waals surface area contributed by atoms with Crippen LogP contribution >= 0.6 is 23.2 Å². The Morgan fingerprint density at radius 3 is 2.26 bits per heavy atom. The summed E-state index contributed by atoms with van der Waals surface area (Å²) < 4.78 is 41.6. The highest BCUT2D eigenvalue weighted by atomic mass is 35.5. The molecule has 3 fully saturated rings. The maximum atomic E-state index is 13.9. The molecule has 3 unspecified atom stereocenters. The van der Waals surface area contributed by atoms with Gasteiger partial charge in [0.05, 0.1) is 5.41 Å². The highest BCUT2D eigenvalue weighted by molar-refractivity contribution is 6.35. The Morgan fingerprint density at radius 2 is 1.71 bits per heavy atom. The molecular formula is C27H28Cl2F3N3O3. The fourth-order valence-electron chi connectivity index (χ4n) is 5.91. The minimum absolute atomic E-state index is 0.0346. The quantitative estimate of drug-likeness (QED) is 0.484. The number of carbonyl (C=O) groups excluding carboxylic acids is 2. The predicted molar refractivity (Wildman–Crippen MR) is 137 cm³/mol. The SMILES string of the molecule is NC1CC2CCC(C1)N2C(=O)C(Cc1ccc(Cl)cc1Cl)NC(=O)C1(c2ccc(OC(F)(F)F)cc2)CC1. The number of piperidine rings is 1. The number of nitrogens with two attached hydrogens (primary N) is 1. The van der Waals surface area contributed by atoms with Crippen LogP contribution in [0.15, 0.2) is 42.5 Å². The predicted octanol–water partition coefficient (Wildman–Crippen LogP) is 5.13. The number of nitrogens with zero attached hydrogens (tertiary/aromatic N) is 1. The van der Waals surface area contributed by atoms with Crippen LogP contribution < -0.4 is 15.8 Å². The summed E-state index contributed by atoms with van der Waals surface area (Å²) in [5.74, 6) is -0.873. The third-order valence-electron chi connectivity index (χ3n) is 7.89. The fourth-order valence-corrected chi connectivity index (χ4v) is 6.40. The summed E-state index contributed by atoms with van der Waals surface area (Å²) in [6, 6.07) is 9.59. The number of alkyl halides is 3. The Labute approximate surface area is 228 Å². The summed E-state index contributed by atoms with van der Waals surface area (Å²) in [5.41, 5.74) is 6.53. The lowest BCUT2D eigenvalue weighted by molar-refractivity contribution is -0.274. The van der Waals surface area contributed by atoms with E-state index in [-0.39, 0.29) is 42.1 Å². The van der Waals surface area contributed by atoms with E-state index in [9.17, 15) is 22.8 Å². The molecule has 0 radical (unpaired) electrons. The first kappa shape index (κ1) is 27.1. The van der Waals surface area contributed by atoms with Crippen molar-refractivity contribution in [3.05, 3.63) is 63.6 Å². The molecule has 0 spiro atoms. The van der Waals surface area contributed by atoms with Gasteiger partial charge in [-0.25, -0.2) is 0 Å². The normalized spacial score (nSPS) is 24.6. The number of rotatable bonds is 7. The van der Waals surface area contributed by atoms with Gasteiger partial charge in [0.2, 0.25) is 11.8 Å². The van der Waals surface area contributed by atoms with Crippen LogP contribution in [0.5, 0.6) is 5.75 Å². The van der Waals surface area contributed by atoms with Gasteiger partial charge in [0.1, 0.15) is 11.8 Å². The van der Waals surface area contributed by atoms with E-state index in [4.69, 9.17) is 28.9 Å². The second-order valence-electron chi connectivity index (χ2n) is 10.5. The molecule has 2 aromatic rings. The largest absolute Gasteiger partial charge is 0.573 e. The summed E-state index contributed by atoms with van der Waals surface area (Å²) in [4.78, 5) is 29.4. The topological polar surface area (TPSA) is 84.7 Å². The zero-order chi connectivity index (χ0) is 27.2. The van der Waals surface area contributed by atoms with E-state index in [2.05, 4.69) is 10.1 Å². The van der Waals surface area contributed by atoms with Crippen molar-refractivity contribution >= 4 is 35.0 Å². The van der Waals surface area contributed by atoms with Gasteiger partial charge in [-0.3, -0.25) is 9.59 Å². The molecule has 2 aromatic carbocycles. The lowest BCUT2D eigenvalue weighted by Gasteiger charge is -2.40. The van der Waals surface area contributed by atoms with Gasteiger partial charge in [0, 0.05) is 34.6 Å². The van der Waals surface area contributed by atoms with E-state index in [1.54, 1.807) is 18.2 Å². The Balaban J connectivity index is 1.38. The monoisotopic (exact) mass is 569 g/mol. The van der Waals surface area contributed by atoms with Gasteiger partial charge in [-0.1, -0.05) is 41.4 Å². The van der Waals surface area contributed by atoms with E-state index in [0.29, 0.717) is 34.0 Å². The Morgan fingerprint density at radius 1 is 1.08 bits per heavy atom. The van der Waals surface area contributed by atoms with Crippen molar-refractivity contribution in [3.63, 3.8) is 0 Å². The number of ether oxygens (including phenoxy) is 1. The summed E-state index contributed by atoms with van der Waals surface area (Å²) in [5, 5.41) is 3.83. The standard InChI is InChI=1S/C27H28Cl2F3N3O3/c28-17-4-1-15(22(29)12-17)11-23(24(36)35-19-5-6-20(35)14-18(33)13-19)34-25(37)26(9-10-26)16-2-7-21(8-3-16)38-27(30,31)32/h1-4,7-8,12,18-20,23H,5-6,9-11,13-14,33H2,(H,34,37). The van der Waals surface area contributed by atoms with Gasteiger partial charge in [0.15, 0.2) is 0 Å². The van der Waals surface area contributed by atoms with E-state index in [1.165, 1.54) is 24.3 Å². The van der Waals surface area contributed by atoms with E-state index in [1.807, 2.05) is 4.90 Å². The molecule has 3 aliphatic rings. The fraction of sp³-hybridized carbons (Fsp3) is 0.481. The molecular weight excluding hydrogens is 542 g/mol. The molecule has 1 saturated carbocycles. The summed E-state index contributed by atoms with van der Waals surface area (Å²) >= 11 is 12.5. The Bertz CT molecular complexity index is 1210. The summed E-state index contributed by atoms with van der Waals surface area (Å²) in [7, 11) is 0. The van der Waals surface area contributed by atoms with E-state index >= 15 is 0 Å². The number of hydrogen-bond acceptors (Lipinski definition) is 4. The first-order chi connectivity index (χ1) is 17.9. The lowest BCUT2D eigenvalue weighted by atomic mass is 9.93. The maximum absolute atomic E-state index is 13.9. The van der Waals surface area contributed by atoms with Gasteiger partial charge >= 0.3 is 6.36 Å². The zero-order valence-corrected chi connectivity index (χ0v) is 22.0. The van der Waals surface area contributed by atoms with Crippen LogP contribution in [0.1, 0.15) is 49.7 Å². The minimum atomic E-state index is -4.80. The molecule has 204 valence electrons. The van der Waals surface area contributed by atoms with Gasteiger partial charge in [0.25, 0.3) is 0 Å². The second kappa shape index (κ2) is 10.2. The van der Waals surface area contributed by atoms with E-state index < -0.39 is 17.8 Å². The van der Waals surface area contributed by atoms with Crippen LogP contribution in [0.3, 0.4) is 0 Å². The highest BCUT2D eigenvalue weighted by Gasteiger charge is 2.53. The number of carbonyl (C=O) groups is 2. The van der Waals surface area contributed by atoms with E-state index in [0.717, 1.165) is 25.7 Å². The number of fused-ring (bicyclic) bond motifs is 2. The van der Waals surface area contributed by atoms with Crippen molar-refractivity contribution in [2.45, 2.75) is 80.9 Å². The van der Waals surface area contributed by atoms with Crippen molar-refractivity contribution in [2.24, 2.45) is 5.73 Å². The Hall–Kier alpha value is -2.49. The molecule has 1 aliphatic carbocycles. The number of benzene rings is 2. The van der Waals surface area contributed by atoms with Crippen LogP contribution in [0.2, 0.25) is 10.0 Å². The van der Waals surface area contributed by atoms with Crippen molar-refractivity contribution < 1.29 is 27.5 Å². The van der Waals surface area contributed by atoms with Crippen molar-refractivity contribution in [2.75, 3.05) is 0 Å². The summed E-state index contributed by atoms with van der Waals surface area (Å²) in [6.45, 7) is 0. The maximum Gasteiger partial charge on any atom is 0.573 e. The molecule has 38 heavy (non-hydrogen) atoms.